The highest BCUT2D eigenvalue weighted by Gasteiger charge is 2.07. The van der Waals surface area contributed by atoms with Crippen molar-refractivity contribution in [2.45, 2.75) is 6.54 Å². The zero-order chi connectivity index (χ0) is 14.5. The van der Waals surface area contributed by atoms with Crippen molar-refractivity contribution in [3.63, 3.8) is 0 Å². The van der Waals surface area contributed by atoms with Crippen molar-refractivity contribution in [2.24, 2.45) is 0 Å². The number of hydrogen-bond donors (Lipinski definition) is 2. The van der Waals surface area contributed by atoms with Crippen molar-refractivity contribution in [1.29, 1.82) is 0 Å². The standard InChI is InChI=1S/C14H15NO4S/c1-18-10-5-9(6-11(7-10)19-2)15-8-12-3-4-13(20-12)14(16)17/h3-7,15H,8H2,1-2H3,(H,16,17). The average molecular weight is 293 g/mol. The Morgan fingerprint density at radius 3 is 2.35 bits per heavy atom. The van der Waals surface area contributed by atoms with E-state index in [0.717, 1.165) is 10.6 Å². The van der Waals surface area contributed by atoms with Gasteiger partial charge in [0.2, 0.25) is 0 Å². The Morgan fingerprint density at radius 2 is 1.85 bits per heavy atom. The minimum atomic E-state index is -0.899. The number of carboxylic acid groups (broad SMARTS) is 1. The molecule has 0 aliphatic heterocycles. The smallest absolute Gasteiger partial charge is 0.345 e. The van der Waals surface area contributed by atoms with Crippen LogP contribution in [0.2, 0.25) is 0 Å². The van der Waals surface area contributed by atoms with Crippen LogP contribution in [0, 0.1) is 0 Å². The van der Waals surface area contributed by atoms with Crippen LogP contribution in [-0.2, 0) is 6.54 Å². The van der Waals surface area contributed by atoms with Gasteiger partial charge in [-0.3, -0.25) is 0 Å². The zero-order valence-corrected chi connectivity index (χ0v) is 12.0. The number of ether oxygens (including phenoxy) is 2. The van der Waals surface area contributed by atoms with Gasteiger partial charge in [0.15, 0.2) is 0 Å². The quantitative estimate of drug-likeness (QED) is 0.856. The van der Waals surface area contributed by atoms with Gasteiger partial charge in [-0.15, -0.1) is 11.3 Å². The van der Waals surface area contributed by atoms with Crippen molar-refractivity contribution in [1.82, 2.24) is 0 Å². The first-order valence-corrected chi connectivity index (χ1v) is 6.73. The fraction of sp³-hybridized carbons (Fsp3) is 0.214. The number of thiophene rings is 1. The number of aromatic carboxylic acids is 1. The van der Waals surface area contributed by atoms with Gasteiger partial charge >= 0.3 is 5.97 Å². The average Bonchev–Trinajstić information content (AvgIpc) is 2.93. The van der Waals surface area contributed by atoms with Gasteiger partial charge in [-0.25, -0.2) is 4.79 Å². The summed E-state index contributed by atoms with van der Waals surface area (Å²) in [4.78, 5) is 12.1. The Labute approximate surface area is 120 Å². The molecule has 2 rings (SSSR count). The lowest BCUT2D eigenvalue weighted by Gasteiger charge is -2.10. The maximum Gasteiger partial charge on any atom is 0.345 e. The summed E-state index contributed by atoms with van der Waals surface area (Å²) in [6, 6.07) is 8.91. The molecule has 6 heteroatoms. The topological polar surface area (TPSA) is 67.8 Å². The highest BCUT2D eigenvalue weighted by atomic mass is 32.1. The van der Waals surface area contributed by atoms with Gasteiger partial charge in [-0.1, -0.05) is 0 Å². The summed E-state index contributed by atoms with van der Waals surface area (Å²) in [5.41, 5.74) is 0.853. The number of benzene rings is 1. The molecule has 5 nitrogen and oxygen atoms in total. The second kappa shape index (κ2) is 6.29. The van der Waals surface area contributed by atoms with E-state index < -0.39 is 5.97 Å². The summed E-state index contributed by atoms with van der Waals surface area (Å²) < 4.78 is 10.4. The number of carboxylic acids is 1. The first kappa shape index (κ1) is 14.2. The van der Waals surface area contributed by atoms with Crippen molar-refractivity contribution < 1.29 is 19.4 Å². The molecule has 0 radical (unpaired) electrons. The lowest BCUT2D eigenvalue weighted by molar-refractivity contribution is 0.0702. The van der Waals surface area contributed by atoms with E-state index >= 15 is 0 Å². The van der Waals surface area contributed by atoms with Crippen molar-refractivity contribution >= 4 is 23.0 Å². The van der Waals surface area contributed by atoms with Gasteiger partial charge in [0, 0.05) is 35.3 Å². The highest BCUT2D eigenvalue weighted by molar-refractivity contribution is 7.13. The monoisotopic (exact) mass is 293 g/mol. The van der Waals surface area contributed by atoms with E-state index in [2.05, 4.69) is 5.32 Å². The summed E-state index contributed by atoms with van der Waals surface area (Å²) in [7, 11) is 3.19. The normalized spacial score (nSPS) is 10.1. The van der Waals surface area contributed by atoms with E-state index in [1.807, 2.05) is 12.1 Å². The second-order valence-corrected chi connectivity index (χ2v) is 5.19. The number of anilines is 1. The van der Waals surface area contributed by atoms with E-state index in [1.54, 1.807) is 32.4 Å². The Kier molecular flexibility index (Phi) is 4.47. The molecule has 2 aromatic rings. The van der Waals surface area contributed by atoms with E-state index in [1.165, 1.54) is 11.3 Å². The first-order chi connectivity index (χ1) is 9.62. The van der Waals surface area contributed by atoms with E-state index in [9.17, 15) is 4.79 Å². The summed E-state index contributed by atoms with van der Waals surface area (Å²) >= 11 is 1.26. The maximum atomic E-state index is 10.8. The van der Waals surface area contributed by atoms with Gasteiger partial charge in [-0.05, 0) is 12.1 Å². The molecule has 0 atom stereocenters. The summed E-state index contributed by atoms with van der Waals surface area (Å²) in [5.74, 6) is 0.498. The predicted octanol–water partition coefficient (Wildman–Crippen LogP) is 3.08. The molecular formula is C14H15NO4S. The van der Waals surface area contributed by atoms with Crippen LogP contribution in [0.5, 0.6) is 11.5 Å². The molecule has 0 fully saturated rings. The molecule has 2 N–H and O–H groups in total. The van der Waals surface area contributed by atoms with Gasteiger partial charge in [0.05, 0.1) is 14.2 Å². The van der Waals surface area contributed by atoms with Crippen LogP contribution in [0.15, 0.2) is 30.3 Å². The summed E-state index contributed by atoms with van der Waals surface area (Å²) in [6.07, 6.45) is 0. The molecule has 1 aromatic carbocycles. The van der Waals surface area contributed by atoms with Crippen molar-refractivity contribution in [3.05, 3.63) is 40.1 Å². The number of rotatable bonds is 6. The molecule has 0 saturated heterocycles. The molecule has 0 unspecified atom stereocenters. The van der Waals surface area contributed by atoms with Crippen molar-refractivity contribution in [2.75, 3.05) is 19.5 Å². The molecule has 1 heterocycles. The maximum absolute atomic E-state index is 10.8. The third kappa shape index (κ3) is 3.42. The Balaban J connectivity index is 2.07. The third-order valence-electron chi connectivity index (χ3n) is 2.69. The lowest BCUT2D eigenvalue weighted by atomic mass is 10.2. The molecule has 106 valence electrons. The fourth-order valence-electron chi connectivity index (χ4n) is 1.69. The van der Waals surface area contributed by atoms with Gasteiger partial charge in [-0.2, -0.15) is 0 Å². The summed E-state index contributed by atoms with van der Waals surface area (Å²) in [6.45, 7) is 0.550. The minimum absolute atomic E-state index is 0.338. The highest BCUT2D eigenvalue weighted by Crippen LogP contribution is 2.26. The number of nitrogens with one attached hydrogen (secondary N) is 1. The molecule has 0 amide bonds. The van der Waals surface area contributed by atoms with Crippen LogP contribution in [0.1, 0.15) is 14.5 Å². The summed E-state index contributed by atoms with van der Waals surface area (Å²) in [5, 5.41) is 12.1. The number of methoxy groups -OCH3 is 2. The molecule has 20 heavy (non-hydrogen) atoms. The Hall–Kier alpha value is -2.21. The van der Waals surface area contributed by atoms with Crippen LogP contribution in [0.4, 0.5) is 5.69 Å². The molecule has 0 spiro atoms. The second-order valence-electron chi connectivity index (χ2n) is 4.03. The van der Waals surface area contributed by atoms with Crippen LogP contribution in [0.25, 0.3) is 0 Å². The predicted molar refractivity (Wildman–Crippen MR) is 78.2 cm³/mol. The fourth-order valence-corrected chi connectivity index (χ4v) is 2.47. The van der Waals surface area contributed by atoms with Gasteiger partial charge in [0.25, 0.3) is 0 Å². The largest absolute Gasteiger partial charge is 0.497 e. The van der Waals surface area contributed by atoms with Crippen LogP contribution in [-0.4, -0.2) is 25.3 Å². The van der Waals surface area contributed by atoms with Crippen LogP contribution in [0.3, 0.4) is 0 Å². The van der Waals surface area contributed by atoms with Crippen LogP contribution < -0.4 is 14.8 Å². The van der Waals surface area contributed by atoms with Gasteiger partial charge < -0.3 is 19.9 Å². The molecule has 0 aliphatic rings. The molecule has 1 aromatic heterocycles. The molecule has 0 saturated carbocycles. The van der Waals surface area contributed by atoms with Crippen LogP contribution >= 0.6 is 11.3 Å². The molecular weight excluding hydrogens is 278 g/mol. The van der Waals surface area contributed by atoms with E-state index in [0.29, 0.717) is 22.9 Å². The Bertz CT molecular complexity index is 587. The SMILES string of the molecule is COc1cc(NCc2ccc(C(=O)O)s2)cc(OC)c1. The van der Waals surface area contributed by atoms with Crippen molar-refractivity contribution in [3.8, 4) is 11.5 Å². The Morgan fingerprint density at radius 1 is 1.20 bits per heavy atom. The lowest BCUT2D eigenvalue weighted by Crippen LogP contribution is -1.98. The number of hydrogen-bond acceptors (Lipinski definition) is 5. The zero-order valence-electron chi connectivity index (χ0n) is 11.2. The molecule has 0 aliphatic carbocycles. The first-order valence-electron chi connectivity index (χ1n) is 5.91. The number of carbonyl (C=O) groups is 1. The van der Waals surface area contributed by atoms with E-state index in [-0.39, 0.29) is 0 Å². The minimum Gasteiger partial charge on any atom is -0.497 e. The third-order valence-corrected chi connectivity index (χ3v) is 3.76. The molecule has 0 bridgehead atoms. The van der Waals surface area contributed by atoms with Gasteiger partial charge in [0.1, 0.15) is 16.4 Å². The van der Waals surface area contributed by atoms with E-state index in [4.69, 9.17) is 14.6 Å².